The van der Waals surface area contributed by atoms with E-state index < -0.39 is 0 Å². The van der Waals surface area contributed by atoms with Crippen molar-refractivity contribution in [2.75, 3.05) is 31.1 Å². The SMILES string of the molecule is CCN(C[C@H]1CCCO1)C(=O)CCN1C(=O)CCc2cc(F)ccc21. The number of benzene rings is 1. The number of hydrogen-bond acceptors (Lipinski definition) is 3. The molecule has 0 aromatic heterocycles. The van der Waals surface area contributed by atoms with Gasteiger partial charge in [0.25, 0.3) is 0 Å². The van der Waals surface area contributed by atoms with Crippen molar-refractivity contribution in [3.63, 3.8) is 0 Å². The van der Waals surface area contributed by atoms with Crippen LogP contribution in [0.3, 0.4) is 0 Å². The van der Waals surface area contributed by atoms with Gasteiger partial charge in [0.15, 0.2) is 0 Å². The highest BCUT2D eigenvalue weighted by Crippen LogP contribution is 2.28. The number of amides is 2. The summed E-state index contributed by atoms with van der Waals surface area (Å²) in [5.41, 5.74) is 1.56. The molecule has 1 aromatic carbocycles. The van der Waals surface area contributed by atoms with Crippen molar-refractivity contribution < 1.29 is 18.7 Å². The third kappa shape index (κ3) is 4.18. The highest BCUT2D eigenvalue weighted by molar-refractivity contribution is 5.97. The lowest BCUT2D eigenvalue weighted by Gasteiger charge is -2.30. The average molecular weight is 348 g/mol. The monoisotopic (exact) mass is 348 g/mol. The maximum Gasteiger partial charge on any atom is 0.227 e. The molecule has 1 fully saturated rings. The molecule has 3 rings (SSSR count). The van der Waals surface area contributed by atoms with E-state index in [0.29, 0.717) is 32.5 Å². The van der Waals surface area contributed by atoms with Gasteiger partial charge in [-0.25, -0.2) is 4.39 Å². The summed E-state index contributed by atoms with van der Waals surface area (Å²) in [6, 6.07) is 4.48. The lowest BCUT2D eigenvalue weighted by Crippen LogP contribution is -2.41. The molecule has 0 radical (unpaired) electrons. The number of anilines is 1. The molecule has 6 heteroatoms. The van der Waals surface area contributed by atoms with Crippen molar-refractivity contribution in [2.24, 2.45) is 0 Å². The van der Waals surface area contributed by atoms with Crippen molar-refractivity contribution in [1.82, 2.24) is 4.90 Å². The largest absolute Gasteiger partial charge is 0.376 e. The first kappa shape index (κ1) is 17.9. The third-order valence-corrected chi connectivity index (χ3v) is 4.97. The lowest BCUT2D eigenvalue weighted by atomic mass is 10.0. The Kier molecular flexibility index (Phi) is 5.68. The zero-order valence-electron chi connectivity index (χ0n) is 14.7. The summed E-state index contributed by atoms with van der Waals surface area (Å²) < 4.78 is 19.0. The molecule has 1 atom stereocenters. The summed E-state index contributed by atoms with van der Waals surface area (Å²) in [5.74, 6) is -0.271. The molecule has 1 saturated heterocycles. The molecule has 25 heavy (non-hydrogen) atoms. The highest BCUT2D eigenvalue weighted by Gasteiger charge is 2.26. The molecule has 2 amide bonds. The fourth-order valence-corrected chi connectivity index (χ4v) is 3.58. The maximum atomic E-state index is 13.4. The zero-order valence-corrected chi connectivity index (χ0v) is 14.7. The second kappa shape index (κ2) is 7.95. The number of halogens is 1. The van der Waals surface area contributed by atoms with Gasteiger partial charge in [-0.3, -0.25) is 9.59 Å². The summed E-state index contributed by atoms with van der Waals surface area (Å²) in [7, 11) is 0. The minimum atomic E-state index is -0.294. The fraction of sp³-hybridized carbons (Fsp3) is 0.579. The van der Waals surface area contributed by atoms with Crippen LogP contribution < -0.4 is 4.90 Å². The Morgan fingerprint density at radius 3 is 2.96 bits per heavy atom. The number of nitrogens with zero attached hydrogens (tertiary/aromatic N) is 2. The van der Waals surface area contributed by atoms with E-state index in [1.165, 1.54) is 12.1 Å². The Labute approximate surface area is 147 Å². The Balaban J connectivity index is 1.62. The molecule has 5 nitrogen and oxygen atoms in total. The topological polar surface area (TPSA) is 49.9 Å². The van der Waals surface area contributed by atoms with Crippen molar-refractivity contribution in [2.45, 2.75) is 45.1 Å². The summed E-state index contributed by atoms with van der Waals surface area (Å²) in [4.78, 5) is 28.2. The lowest BCUT2D eigenvalue weighted by molar-refractivity contribution is -0.132. The molecule has 0 unspecified atom stereocenters. The van der Waals surface area contributed by atoms with E-state index in [1.807, 2.05) is 6.92 Å². The first-order valence-corrected chi connectivity index (χ1v) is 9.06. The van der Waals surface area contributed by atoms with E-state index in [9.17, 15) is 14.0 Å². The summed E-state index contributed by atoms with van der Waals surface area (Å²) >= 11 is 0. The number of carbonyl (C=O) groups is 2. The molecular weight excluding hydrogens is 323 g/mol. The molecule has 0 aliphatic carbocycles. The van der Waals surface area contributed by atoms with Gasteiger partial charge in [-0.05, 0) is 49.9 Å². The predicted molar refractivity (Wildman–Crippen MR) is 92.9 cm³/mol. The summed E-state index contributed by atoms with van der Waals surface area (Å²) in [5, 5.41) is 0. The number of likely N-dealkylation sites (N-methyl/N-ethyl adjacent to an activating group) is 1. The molecule has 0 saturated carbocycles. The van der Waals surface area contributed by atoms with Crippen LogP contribution in [0.5, 0.6) is 0 Å². The van der Waals surface area contributed by atoms with Crippen LogP contribution in [0.25, 0.3) is 0 Å². The van der Waals surface area contributed by atoms with E-state index in [2.05, 4.69) is 0 Å². The smallest absolute Gasteiger partial charge is 0.227 e. The van der Waals surface area contributed by atoms with Gasteiger partial charge >= 0.3 is 0 Å². The number of ether oxygens (including phenoxy) is 1. The van der Waals surface area contributed by atoms with Gasteiger partial charge in [0.1, 0.15) is 5.82 Å². The Morgan fingerprint density at radius 2 is 2.24 bits per heavy atom. The predicted octanol–water partition coefficient (Wildman–Crippen LogP) is 2.52. The van der Waals surface area contributed by atoms with E-state index in [-0.39, 0.29) is 30.2 Å². The van der Waals surface area contributed by atoms with Crippen molar-refractivity contribution in [3.8, 4) is 0 Å². The van der Waals surface area contributed by atoms with Gasteiger partial charge in [-0.2, -0.15) is 0 Å². The first-order chi connectivity index (χ1) is 12.1. The molecule has 1 aromatic rings. The van der Waals surface area contributed by atoms with Crippen molar-refractivity contribution in [1.29, 1.82) is 0 Å². The van der Waals surface area contributed by atoms with Crippen LogP contribution in [0.15, 0.2) is 18.2 Å². The molecule has 2 aliphatic rings. The number of carbonyl (C=O) groups excluding carboxylic acids is 2. The van der Waals surface area contributed by atoms with E-state index in [1.54, 1.807) is 15.9 Å². The average Bonchev–Trinajstić information content (AvgIpc) is 3.11. The van der Waals surface area contributed by atoms with Crippen LogP contribution in [-0.2, 0) is 20.7 Å². The minimum Gasteiger partial charge on any atom is -0.376 e. The van der Waals surface area contributed by atoms with Crippen LogP contribution >= 0.6 is 0 Å². The number of rotatable bonds is 6. The standard InChI is InChI=1S/C19H25FN2O3/c1-2-21(13-16-4-3-11-25-16)18(23)9-10-22-17-7-6-15(20)12-14(17)5-8-19(22)24/h6-7,12,16H,2-5,8-11,13H2,1H3/t16-/m1/s1. The number of hydrogen-bond donors (Lipinski definition) is 0. The molecule has 2 heterocycles. The van der Waals surface area contributed by atoms with Crippen molar-refractivity contribution in [3.05, 3.63) is 29.6 Å². The molecule has 0 bridgehead atoms. The van der Waals surface area contributed by atoms with E-state index in [0.717, 1.165) is 30.7 Å². The quantitative estimate of drug-likeness (QED) is 0.794. The van der Waals surface area contributed by atoms with Gasteiger partial charge in [-0.1, -0.05) is 0 Å². The Bertz CT molecular complexity index is 644. The van der Waals surface area contributed by atoms with Crippen LogP contribution in [0, 0.1) is 5.82 Å². The highest BCUT2D eigenvalue weighted by atomic mass is 19.1. The van der Waals surface area contributed by atoms with Crippen LogP contribution in [-0.4, -0.2) is 49.1 Å². The molecule has 0 spiro atoms. The molecule has 0 N–H and O–H groups in total. The third-order valence-electron chi connectivity index (χ3n) is 4.97. The van der Waals surface area contributed by atoms with E-state index >= 15 is 0 Å². The van der Waals surface area contributed by atoms with Gasteiger partial charge in [-0.15, -0.1) is 0 Å². The van der Waals surface area contributed by atoms with Gasteiger partial charge < -0.3 is 14.5 Å². The molecule has 136 valence electrons. The summed E-state index contributed by atoms with van der Waals surface area (Å²) in [6.45, 7) is 4.31. The second-order valence-corrected chi connectivity index (χ2v) is 6.64. The van der Waals surface area contributed by atoms with Gasteiger partial charge in [0.05, 0.1) is 6.10 Å². The minimum absolute atomic E-state index is 0.00548. The molecule has 2 aliphatic heterocycles. The zero-order chi connectivity index (χ0) is 17.8. The summed E-state index contributed by atoms with van der Waals surface area (Å²) in [6.07, 6.45) is 3.35. The second-order valence-electron chi connectivity index (χ2n) is 6.64. The van der Waals surface area contributed by atoms with Gasteiger partial charge in [0.2, 0.25) is 11.8 Å². The van der Waals surface area contributed by atoms with Gasteiger partial charge in [0, 0.05) is 44.8 Å². The van der Waals surface area contributed by atoms with Crippen LogP contribution in [0.4, 0.5) is 10.1 Å². The Hall–Kier alpha value is -1.95. The normalized spacial score (nSPS) is 19.8. The number of aryl methyl sites for hydroxylation is 1. The van der Waals surface area contributed by atoms with Crippen LogP contribution in [0.2, 0.25) is 0 Å². The Morgan fingerprint density at radius 1 is 1.40 bits per heavy atom. The van der Waals surface area contributed by atoms with Crippen LogP contribution in [0.1, 0.15) is 38.2 Å². The maximum absolute atomic E-state index is 13.4. The van der Waals surface area contributed by atoms with E-state index in [4.69, 9.17) is 4.74 Å². The fourth-order valence-electron chi connectivity index (χ4n) is 3.58. The van der Waals surface area contributed by atoms with Crippen molar-refractivity contribution >= 4 is 17.5 Å². The first-order valence-electron chi connectivity index (χ1n) is 9.06. The molecular formula is C19H25FN2O3. The number of fused-ring (bicyclic) bond motifs is 1.